The number of carbonyl (C=O) groups excluding carboxylic acids is 1. The van der Waals surface area contributed by atoms with Crippen molar-refractivity contribution in [2.24, 2.45) is 11.3 Å². The van der Waals surface area contributed by atoms with Crippen molar-refractivity contribution < 1.29 is 9.53 Å². The van der Waals surface area contributed by atoms with Crippen LogP contribution in [0.3, 0.4) is 0 Å². The molecule has 0 spiro atoms. The third kappa shape index (κ3) is 5.00. The van der Waals surface area contributed by atoms with Crippen molar-refractivity contribution in [1.29, 1.82) is 0 Å². The van der Waals surface area contributed by atoms with Crippen molar-refractivity contribution in [3.63, 3.8) is 0 Å². The maximum absolute atomic E-state index is 12.7. The lowest BCUT2D eigenvalue weighted by atomic mass is 9.87. The maximum Gasteiger partial charge on any atom is 0.316 e. The minimum absolute atomic E-state index is 0.0469. The first-order valence-corrected chi connectivity index (χ1v) is 11.3. The molecule has 0 radical (unpaired) electrons. The number of esters is 1. The molecule has 0 bridgehead atoms. The van der Waals surface area contributed by atoms with Crippen LogP contribution in [0.4, 0.5) is 0 Å². The van der Waals surface area contributed by atoms with E-state index in [1.54, 1.807) is 0 Å². The highest BCUT2D eigenvalue weighted by Gasteiger charge is 2.29. The van der Waals surface area contributed by atoms with Crippen LogP contribution in [0.5, 0.6) is 0 Å². The summed E-state index contributed by atoms with van der Waals surface area (Å²) in [5.74, 6) is -0.377. The van der Waals surface area contributed by atoms with Crippen molar-refractivity contribution in [2.75, 3.05) is 12.8 Å². The third-order valence-electron chi connectivity index (χ3n) is 5.03. The number of hydrogen-bond acceptors (Lipinski definition) is 2. The number of ether oxygens (including phenoxy) is 1. The topological polar surface area (TPSA) is 26.3 Å². The van der Waals surface area contributed by atoms with E-state index in [0.29, 0.717) is 6.61 Å². The fourth-order valence-electron chi connectivity index (χ4n) is 3.37. The molecule has 0 saturated carbocycles. The van der Waals surface area contributed by atoms with Crippen LogP contribution < -0.4 is 10.6 Å². The van der Waals surface area contributed by atoms with E-state index in [4.69, 9.17) is 4.74 Å². The van der Waals surface area contributed by atoms with E-state index in [2.05, 4.69) is 81.5 Å². The van der Waals surface area contributed by atoms with Crippen LogP contribution in [0.15, 0.2) is 84.0 Å². The van der Waals surface area contributed by atoms with E-state index in [1.807, 2.05) is 19.1 Å². The molecule has 1 atom stereocenters. The summed E-state index contributed by atoms with van der Waals surface area (Å²) in [5, 5.41) is 2.62. The molecule has 28 heavy (non-hydrogen) atoms. The Labute approximate surface area is 170 Å². The van der Waals surface area contributed by atoms with Gasteiger partial charge in [0.2, 0.25) is 0 Å². The standard InChI is InChI=1S/C25H29O2P/c1-19-17-20(25(2,3)4)18-23(19)24(26)27-15-16-28(21-11-7-5-8-12-21)22-13-9-6-10-14-22/h5-14,17-18,23H,15-16H2,1-4H3. The summed E-state index contributed by atoms with van der Waals surface area (Å²) in [6.45, 7) is 8.97. The summed E-state index contributed by atoms with van der Waals surface area (Å²) < 4.78 is 5.72. The number of hydrogen-bond donors (Lipinski definition) is 0. The highest BCUT2D eigenvalue weighted by atomic mass is 31.1. The summed E-state index contributed by atoms with van der Waals surface area (Å²) in [6, 6.07) is 21.1. The summed E-state index contributed by atoms with van der Waals surface area (Å²) in [6.07, 6.45) is 5.03. The van der Waals surface area contributed by atoms with Crippen LogP contribution in [0.1, 0.15) is 27.7 Å². The zero-order chi connectivity index (χ0) is 20.1. The first-order chi connectivity index (χ1) is 13.4. The van der Waals surface area contributed by atoms with Crippen LogP contribution in [-0.2, 0) is 9.53 Å². The molecule has 2 aromatic rings. The zero-order valence-corrected chi connectivity index (χ0v) is 18.1. The number of benzene rings is 2. The molecule has 1 aliphatic rings. The van der Waals surface area contributed by atoms with E-state index in [9.17, 15) is 4.79 Å². The van der Waals surface area contributed by atoms with Gasteiger partial charge >= 0.3 is 5.97 Å². The van der Waals surface area contributed by atoms with Gasteiger partial charge in [0.25, 0.3) is 0 Å². The Balaban J connectivity index is 1.66. The Bertz CT molecular complexity index is 821. The zero-order valence-electron chi connectivity index (χ0n) is 17.2. The largest absolute Gasteiger partial charge is 0.465 e. The van der Waals surface area contributed by atoms with Gasteiger partial charge in [0.15, 0.2) is 0 Å². The molecule has 1 unspecified atom stereocenters. The fourth-order valence-corrected chi connectivity index (χ4v) is 5.52. The lowest BCUT2D eigenvalue weighted by Crippen LogP contribution is -2.21. The number of allylic oxidation sites excluding steroid dienone is 2. The summed E-state index contributed by atoms with van der Waals surface area (Å²) in [4.78, 5) is 12.7. The number of carbonyl (C=O) groups is 1. The molecule has 0 saturated heterocycles. The Morgan fingerprint density at radius 1 is 0.964 bits per heavy atom. The van der Waals surface area contributed by atoms with Gasteiger partial charge in [-0.1, -0.05) is 99.2 Å². The van der Waals surface area contributed by atoms with Crippen molar-refractivity contribution >= 4 is 24.5 Å². The lowest BCUT2D eigenvalue weighted by molar-refractivity contribution is -0.144. The molecule has 0 aliphatic heterocycles. The van der Waals surface area contributed by atoms with E-state index in [0.717, 1.165) is 11.7 Å². The summed E-state index contributed by atoms with van der Waals surface area (Å²) in [5.41, 5.74) is 2.33. The van der Waals surface area contributed by atoms with E-state index >= 15 is 0 Å². The maximum atomic E-state index is 12.7. The Morgan fingerprint density at radius 3 is 1.96 bits per heavy atom. The second kappa shape index (κ2) is 8.88. The summed E-state index contributed by atoms with van der Waals surface area (Å²) in [7, 11) is -0.539. The molecular formula is C25H29O2P. The van der Waals surface area contributed by atoms with Gasteiger partial charge in [-0.3, -0.25) is 4.79 Å². The molecule has 2 nitrogen and oxygen atoms in total. The van der Waals surface area contributed by atoms with Gasteiger partial charge in [-0.2, -0.15) is 0 Å². The van der Waals surface area contributed by atoms with Crippen molar-refractivity contribution in [3.8, 4) is 0 Å². The van der Waals surface area contributed by atoms with Crippen LogP contribution in [0.2, 0.25) is 0 Å². The Hall–Kier alpha value is -2.18. The Kier molecular flexibility index (Phi) is 6.52. The fraction of sp³-hybridized carbons (Fsp3) is 0.320. The average Bonchev–Trinajstić information content (AvgIpc) is 3.09. The van der Waals surface area contributed by atoms with Crippen LogP contribution in [0.25, 0.3) is 0 Å². The van der Waals surface area contributed by atoms with E-state index in [-0.39, 0.29) is 17.3 Å². The highest BCUT2D eigenvalue weighted by molar-refractivity contribution is 7.73. The molecule has 3 rings (SSSR count). The SMILES string of the molecule is CC1=CC(C(C)(C)C)=CC1C(=O)OCCP(c1ccccc1)c1ccccc1. The predicted octanol–water partition coefficient (Wildman–Crippen LogP) is 5.21. The quantitative estimate of drug-likeness (QED) is 0.498. The van der Waals surface area contributed by atoms with Crippen molar-refractivity contribution in [1.82, 2.24) is 0 Å². The van der Waals surface area contributed by atoms with Gasteiger partial charge in [0.05, 0.1) is 12.5 Å². The minimum atomic E-state index is -0.539. The van der Waals surface area contributed by atoms with Gasteiger partial charge in [-0.25, -0.2) is 0 Å². The monoisotopic (exact) mass is 392 g/mol. The Morgan fingerprint density at radius 2 is 1.50 bits per heavy atom. The minimum Gasteiger partial charge on any atom is -0.465 e. The second-order valence-electron chi connectivity index (χ2n) is 8.23. The van der Waals surface area contributed by atoms with E-state index in [1.165, 1.54) is 16.2 Å². The summed E-state index contributed by atoms with van der Waals surface area (Å²) >= 11 is 0. The molecule has 2 aromatic carbocycles. The van der Waals surface area contributed by atoms with Gasteiger partial charge in [0.1, 0.15) is 0 Å². The van der Waals surface area contributed by atoms with E-state index < -0.39 is 7.92 Å². The average molecular weight is 392 g/mol. The first-order valence-electron chi connectivity index (χ1n) is 9.81. The molecule has 0 amide bonds. The lowest BCUT2D eigenvalue weighted by Gasteiger charge is -2.19. The molecule has 3 heteroatoms. The predicted molar refractivity (Wildman–Crippen MR) is 120 cm³/mol. The normalized spacial score (nSPS) is 16.7. The molecular weight excluding hydrogens is 363 g/mol. The van der Waals surface area contributed by atoms with Crippen molar-refractivity contribution in [2.45, 2.75) is 27.7 Å². The smallest absolute Gasteiger partial charge is 0.316 e. The molecule has 0 aromatic heterocycles. The second-order valence-corrected chi connectivity index (χ2v) is 10.6. The third-order valence-corrected chi connectivity index (χ3v) is 7.51. The number of rotatable bonds is 6. The van der Waals surface area contributed by atoms with Crippen LogP contribution >= 0.6 is 7.92 Å². The van der Waals surface area contributed by atoms with Gasteiger partial charge in [0, 0.05) is 6.16 Å². The molecule has 0 heterocycles. The molecule has 0 fully saturated rings. The first kappa shape index (κ1) is 20.6. The van der Waals surface area contributed by atoms with Gasteiger partial charge in [-0.15, -0.1) is 0 Å². The van der Waals surface area contributed by atoms with Crippen LogP contribution in [0, 0.1) is 11.3 Å². The van der Waals surface area contributed by atoms with Gasteiger partial charge in [-0.05, 0) is 36.4 Å². The highest BCUT2D eigenvalue weighted by Crippen LogP contribution is 2.36. The van der Waals surface area contributed by atoms with Crippen LogP contribution in [-0.4, -0.2) is 18.7 Å². The molecule has 0 N–H and O–H groups in total. The molecule has 146 valence electrons. The van der Waals surface area contributed by atoms with Crippen molar-refractivity contribution in [3.05, 3.63) is 84.0 Å². The van der Waals surface area contributed by atoms with Gasteiger partial charge < -0.3 is 4.74 Å². The molecule has 1 aliphatic carbocycles.